The molecule has 0 aliphatic carbocycles. The number of halogens is 3. The van der Waals surface area contributed by atoms with Gasteiger partial charge in [-0.15, -0.1) is 0 Å². The lowest BCUT2D eigenvalue weighted by Crippen LogP contribution is -2.30. The maximum atomic E-state index is 12.8. The van der Waals surface area contributed by atoms with Crippen molar-refractivity contribution in [3.63, 3.8) is 0 Å². The van der Waals surface area contributed by atoms with Crippen molar-refractivity contribution in [3.05, 3.63) is 83.9 Å². The monoisotopic (exact) mass is 482 g/mol. The van der Waals surface area contributed by atoms with E-state index >= 15 is 0 Å². The first-order valence-corrected chi connectivity index (χ1v) is 11.8. The van der Waals surface area contributed by atoms with Crippen LogP contribution in [0.3, 0.4) is 0 Å². The van der Waals surface area contributed by atoms with Crippen LogP contribution in [0, 0.1) is 0 Å². The van der Waals surface area contributed by atoms with Gasteiger partial charge in [0.15, 0.2) is 0 Å². The van der Waals surface area contributed by atoms with Crippen LogP contribution in [-0.4, -0.2) is 22.7 Å². The lowest BCUT2D eigenvalue weighted by Gasteiger charge is -2.16. The lowest BCUT2D eigenvalue weighted by molar-refractivity contribution is -0.137. The minimum absolute atomic E-state index is 0.127. The number of benzene rings is 3. The molecule has 12 heteroatoms. The predicted octanol–water partition coefficient (Wildman–Crippen LogP) is 3.86. The Morgan fingerprint density at radius 2 is 1.34 bits per heavy atom. The van der Waals surface area contributed by atoms with Gasteiger partial charge in [-0.2, -0.15) is 33.7 Å². The highest BCUT2D eigenvalue weighted by atomic mass is 32.3. The van der Waals surface area contributed by atoms with Crippen molar-refractivity contribution < 1.29 is 34.8 Å². The first-order valence-electron chi connectivity index (χ1n) is 8.90. The molecule has 0 atom stereocenters. The molecule has 1 amide bonds. The van der Waals surface area contributed by atoms with Crippen molar-refractivity contribution in [2.45, 2.75) is 16.0 Å². The molecule has 0 spiro atoms. The average molecular weight is 482 g/mol. The van der Waals surface area contributed by atoms with E-state index in [0.29, 0.717) is 9.78 Å². The summed E-state index contributed by atoms with van der Waals surface area (Å²) in [5.74, 6) is -0.822. The third kappa shape index (κ3) is 3.60. The van der Waals surface area contributed by atoms with Crippen molar-refractivity contribution in [3.8, 4) is 0 Å². The zero-order chi connectivity index (χ0) is 23.3. The molecule has 1 aliphatic rings. The zero-order valence-electron chi connectivity index (χ0n) is 15.9. The molecular formula is C20H13F3N2O5S2. The second-order valence-electron chi connectivity index (χ2n) is 6.73. The highest BCUT2D eigenvalue weighted by molar-refractivity contribution is 8.12. The van der Waals surface area contributed by atoms with Crippen LogP contribution in [0.4, 0.5) is 24.5 Å². The van der Waals surface area contributed by atoms with Gasteiger partial charge in [0, 0.05) is 11.3 Å². The highest BCUT2D eigenvalue weighted by Crippen LogP contribution is 2.40. The Hall–Kier alpha value is -3.38. The molecule has 0 aromatic heterocycles. The van der Waals surface area contributed by atoms with Gasteiger partial charge >= 0.3 is 6.18 Å². The van der Waals surface area contributed by atoms with E-state index in [9.17, 15) is 34.8 Å². The largest absolute Gasteiger partial charge is 0.416 e. The molecule has 3 aromatic rings. The molecule has 0 saturated heterocycles. The molecule has 3 aromatic carbocycles. The second-order valence-corrected chi connectivity index (χ2v) is 10.5. The summed E-state index contributed by atoms with van der Waals surface area (Å²) < 4.78 is 89.8. The molecule has 0 unspecified atom stereocenters. The van der Waals surface area contributed by atoms with E-state index in [4.69, 9.17) is 0 Å². The summed E-state index contributed by atoms with van der Waals surface area (Å²) in [6, 6.07) is 13.8. The van der Waals surface area contributed by atoms with Crippen LogP contribution in [0.5, 0.6) is 0 Å². The summed E-state index contributed by atoms with van der Waals surface area (Å²) in [5, 5.41) is 2.39. The minimum Gasteiger partial charge on any atom is -0.322 e. The first-order chi connectivity index (χ1) is 14.9. The van der Waals surface area contributed by atoms with Gasteiger partial charge in [-0.05, 0) is 54.6 Å². The molecule has 0 saturated carbocycles. The van der Waals surface area contributed by atoms with Crippen LogP contribution < -0.4 is 9.03 Å². The summed E-state index contributed by atoms with van der Waals surface area (Å²) in [4.78, 5) is 11.6. The van der Waals surface area contributed by atoms with Crippen molar-refractivity contribution in [1.29, 1.82) is 0 Å². The third-order valence-corrected chi connectivity index (χ3v) is 9.05. The normalized spacial score (nSPS) is 16.4. The zero-order valence-corrected chi connectivity index (χ0v) is 17.5. The van der Waals surface area contributed by atoms with E-state index in [-0.39, 0.29) is 26.7 Å². The maximum absolute atomic E-state index is 12.8. The smallest absolute Gasteiger partial charge is 0.322 e. The average Bonchev–Trinajstić information content (AvgIpc) is 2.90. The maximum Gasteiger partial charge on any atom is 0.416 e. The molecule has 0 fully saturated rings. The Morgan fingerprint density at radius 3 is 1.88 bits per heavy atom. The Bertz CT molecular complexity index is 1380. The Morgan fingerprint density at radius 1 is 0.781 bits per heavy atom. The summed E-state index contributed by atoms with van der Waals surface area (Å²) >= 11 is 0. The van der Waals surface area contributed by atoms with E-state index in [0.717, 1.165) is 12.1 Å². The van der Waals surface area contributed by atoms with Crippen molar-refractivity contribution in [2.75, 3.05) is 9.03 Å². The van der Waals surface area contributed by atoms with Gasteiger partial charge in [0.05, 0.1) is 11.3 Å². The number of rotatable bonds is 3. The molecule has 7 nitrogen and oxygen atoms in total. The number of nitrogens with one attached hydrogen (secondary N) is 1. The number of hydrogen-bond donors (Lipinski definition) is 1. The van der Waals surface area contributed by atoms with E-state index in [2.05, 4.69) is 5.32 Å². The third-order valence-electron chi connectivity index (χ3n) is 4.63. The predicted molar refractivity (Wildman–Crippen MR) is 109 cm³/mol. The van der Waals surface area contributed by atoms with E-state index in [1.165, 1.54) is 54.6 Å². The number of carbonyl (C=O) groups excluding carboxylic acids is 1. The Kier molecular flexibility index (Phi) is 5.01. The van der Waals surface area contributed by atoms with Gasteiger partial charge in [0.25, 0.3) is 26.0 Å². The summed E-state index contributed by atoms with van der Waals surface area (Å²) in [6.07, 6.45) is -4.61. The number of amides is 1. The fraction of sp³-hybridized carbons (Fsp3) is 0.0500. The Balaban J connectivity index is 1.61. The number of alkyl halides is 3. The molecule has 166 valence electrons. The highest BCUT2D eigenvalue weighted by Gasteiger charge is 2.47. The lowest BCUT2D eigenvalue weighted by atomic mass is 10.1. The van der Waals surface area contributed by atoms with Crippen molar-refractivity contribution >= 4 is 37.3 Å². The number of nitrogens with zero attached hydrogens (tertiary/aromatic N) is 1. The van der Waals surface area contributed by atoms with Gasteiger partial charge in [-0.1, -0.05) is 18.2 Å². The number of anilines is 2. The first kappa shape index (κ1) is 21.8. The molecule has 0 radical (unpaired) electrons. The molecule has 4 rings (SSSR count). The van der Waals surface area contributed by atoms with Gasteiger partial charge in [-0.3, -0.25) is 4.79 Å². The standard InChI is InChI=1S/C20H13F3N2O5S2/c21-20(22,23)14-5-3-4-13(12-14)19(26)24-15-8-10-16(11-9-15)25-31(27,28)17-6-1-2-7-18(17)32(25,29)30/h1-12H,(H,24,26). The van der Waals surface area contributed by atoms with Crippen LogP contribution in [-0.2, 0) is 26.2 Å². The van der Waals surface area contributed by atoms with Crippen molar-refractivity contribution in [2.24, 2.45) is 0 Å². The Labute approximate surface area is 181 Å². The van der Waals surface area contributed by atoms with E-state index < -0.39 is 37.7 Å². The van der Waals surface area contributed by atoms with Crippen LogP contribution in [0.15, 0.2) is 82.6 Å². The molecular weight excluding hydrogens is 469 g/mol. The van der Waals surface area contributed by atoms with Crippen LogP contribution in [0.1, 0.15) is 15.9 Å². The van der Waals surface area contributed by atoms with Crippen LogP contribution in [0.2, 0.25) is 0 Å². The summed E-state index contributed by atoms with van der Waals surface area (Å²) in [7, 11) is -8.71. The number of carbonyl (C=O) groups is 1. The summed E-state index contributed by atoms with van der Waals surface area (Å²) in [6.45, 7) is 0. The fourth-order valence-corrected chi connectivity index (χ4v) is 7.62. The van der Waals surface area contributed by atoms with Crippen LogP contribution in [0.25, 0.3) is 0 Å². The number of sulfonamides is 2. The molecule has 1 heterocycles. The van der Waals surface area contributed by atoms with E-state index in [1.807, 2.05) is 0 Å². The minimum atomic E-state index is -4.61. The second kappa shape index (κ2) is 7.35. The van der Waals surface area contributed by atoms with Gasteiger partial charge in [0.1, 0.15) is 9.79 Å². The van der Waals surface area contributed by atoms with Crippen LogP contribution >= 0.6 is 0 Å². The van der Waals surface area contributed by atoms with Gasteiger partial charge in [0.2, 0.25) is 0 Å². The van der Waals surface area contributed by atoms with E-state index in [1.54, 1.807) is 0 Å². The van der Waals surface area contributed by atoms with Gasteiger partial charge < -0.3 is 5.32 Å². The fourth-order valence-electron chi connectivity index (χ4n) is 3.17. The molecule has 0 bridgehead atoms. The SMILES string of the molecule is O=C(Nc1ccc(N2S(=O)(=O)c3ccccc3S2(=O)=O)cc1)c1cccc(C(F)(F)F)c1. The molecule has 1 aliphatic heterocycles. The number of hydrogen-bond acceptors (Lipinski definition) is 5. The quantitative estimate of drug-likeness (QED) is 0.611. The topological polar surface area (TPSA) is 101 Å². The molecule has 32 heavy (non-hydrogen) atoms. The van der Waals surface area contributed by atoms with Gasteiger partial charge in [-0.25, -0.2) is 0 Å². The summed E-state index contributed by atoms with van der Waals surface area (Å²) in [5.41, 5.74) is -1.27. The molecule has 1 N–H and O–H groups in total. The van der Waals surface area contributed by atoms with Crippen molar-refractivity contribution in [1.82, 2.24) is 0 Å². The number of fused-ring (bicyclic) bond motifs is 1.